The fraction of sp³-hybridized carbons (Fsp3) is 0.526. The number of amides is 1. The summed E-state index contributed by atoms with van der Waals surface area (Å²) in [6.45, 7) is 0.590. The Balaban J connectivity index is 1.44. The van der Waals surface area contributed by atoms with Crippen molar-refractivity contribution in [3.63, 3.8) is 0 Å². The zero-order valence-electron chi connectivity index (χ0n) is 15.8. The number of benzene rings is 1. The molecule has 1 aliphatic rings. The van der Waals surface area contributed by atoms with Gasteiger partial charge in [0.2, 0.25) is 11.7 Å². The van der Waals surface area contributed by atoms with Crippen LogP contribution in [-0.2, 0) is 11.3 Å². The highest BCUT2D eigenvalue weighted by Gasteiger charge is 2.25. The van der Waals surface area contributed by atoms with Crippen molar-refractivity contribution >= 4 is 5.91 Å². The van der Waals surface area contributed by atoms with Gasteiger partial charge >= 0.3 is 0 Å². The second-order valence-electron chi connectivity index (χ2n) is 6.60. The van der Waals surface area contributed by atoms with E-state index < -0.39 is 0 Å². The maximum atomic E-state index is 12.1. The lowest BCUT2D eigenvalue weighted by atomic mass is 9.93. The zero-order valence-corrected chi connectivity index (χ0v) is 15.8. The molecule has 0 saturated heterocycles. The number of carbonyl (C=O) groups excluding carboxylic acids is 1. The van der Waals surface area contributed by atoms with Gasteiger partial charge in [-0.3, -0.25) is 4.79 Å². The lowest BCUT2D eigenvalue weighted by molar-refractivity contribution is -0.122. The number of methoxy groups -OCH3 is 2. The highest BCUT2D eigenvalue weighted by Crippen LogP contribution is 2.38. The Labute approximate surface area is 158 Å². The summed E-state index contributed by atoms with van der Waals surface area (Å²) in [7, 11) is 3.22. The zero-order chi connectivity index (χ0) is 19.1. The van der Waals surface area contributed by atoms with Crippen LogP contribution in [0.3, 0.4) is 0 Å². The lowest BCUT2D eigenvalue weighted by Crippen LogP contribution is -2.40. The van der Waals surface area contributed by atoms with Crippen LogP contribution in [0.25, 0.3) is 0 Å². The van der Waals surface area contributed by atoms with Crippen molar-refractivity contribution < 1.29 is 19.0 Å². The average molecular weight is 374 g/mol. The molecule has 0 unspecified atom stereocenters. The molecule has 146 valence electrons. The van der Waals surface area contributed by atoms with Crippen molar-refractivity contribution in [2.45, 2.75) is 50.8 Å². The number of nitrogens with zero attached hydrogens (tertiary/aromatic N) is 3. The first kappa shape index (κ1) is 19.0. The number of hydrogen-bond acceptors (Lipinski definition) is 6. The molecule has 2 aromatic rings. The van der Waals surface area contributed by atoms with Crippen LogP contribution in [-0.4, -0.2) is 47.0 Å². The molecule has 8 heteroatoms. The Kier molecular flexibility index (Phi) is 6.51. The number of carbonyl (C=O) groups is 1. The minimum Gasteiger partial charge on any atom is -0.493 e. The van der Waals surface area contributed by atoms with Crippen molar-refractivity contribution in [3.8, 4) is 17.2 Å². The second kappa shape index (κ2) is 9.25. The Morgan fingerprint density at radius 2 is 1.81 bits per heavy atom. The van der Waals surface area contributed by atoms with E-state index in [0.717, 1.165) is 25.7 Å². The van der Waals surface area contributed by atoms with Crippen LogP contribution in [0.2, 0.25) is 0 Å². The first-order valence-corrected chi connectivity index (χ1v) is 9.19. The Morgan fingerprint density at radius 3 is 2.48 bits per heavy atom. The number of ether oxygens (including phenoxy) is 3. The van der Waals surface area contributed by atoms with Crippen molar-refractivity contribution in [1.29, 1.82) is 0 Å². The van der Waals surface area contributed by atoms with Crippen LogP contribution in [0.1, 0.15) is 32.1 Å². The average Bonchev–Trinajstić information content (AvgIpc) is 3.21. The molecule has 0 spiro atoms. The smallest absolute Gasteiger partial charge is 0.222 e. The predicted octanol–water partition coefficient (Wildman–Crippen LogP) is 2.19. The van der Waals surface area contributed by atoms with Crippen LogP contribution < -0.4 is 19.5 Å². The molecule has 0 radical (unpaired) electrons. The van der Waals surface area contributed by atoms with Gasteiger partial charge in [0, 0.05) is 19.0 Å². The molecule has 1 aromatic heterocycles. The summed E-state index contributed by atoms with van der Waals surface area (Å²) in [5.74, 6) is 2.02. The van der Waals surface area contributed by atoms with Crippen molar-refractivity contribution in [1.82, 2.24) is 20.1 Å². The van der Waals surface area contributed by atoms with Crippen LogP contribution in [0, 0.1) is 0 Å². The minimum atomic E-state index is 0.0579. The Hall–Kier alpha value is -2.77. The maximum Gasteiger partial charge on any atom is 0.222 e. The van der Waals surface area contributed by atoms with Gasteiger partial charge in [0.25, 0.3) is 0 Å². The highest BCUT2D eigenvalue weighted by molar-refractivity contribution is 5.76. The summed E-state index contributed by atoms with van der Waals surface area (Å²) < 4.78 is 18.7. The topological polar surface area (TPSA) is 87.5 Å². The third kappa shape index (κ3) is 5.12. The second-order valence-corrected chi connectivity index (χ2v) is 6.60. The molecule has 0 atom stereocenters. The van der Waals surface area contributed by atoms with E-state index in [2.05, 4.69) is 15.5 Å². The number of para-hydroxylation sites is 1. The van der Waals surface area contributed by atoms with Crippen molar-refractivity contribution in [2.24, 2.45) is 0 Å². The third-order valence-electron chi connectivity index (χ3n) is 4.76. The molecule has 0 bridgehead atoms. The summed E-state index contributed by atoms with van der Waals surface area (Å²) in [5, 5.41) is 10.6. The van der Waals surface area contributed by atoms with Crippen LogP contribution in [0.15, 0.2) is 30.9 Å². The lowest BCUT2D eigenvalue weighted by Gasteiger charge is -2.30. The number of hydrogen-bond donors (Lipinski definition) is 1. The fourth-order valence-corrected chi connectivity index (χ4v) is 3.32. The van der Waals surface area contributed by atoms with E-state index in [1.807, 2.05) is 18.2 Å². The summed E-state index contributed by atoms with van der Waals surface area (Å²) in [6.07, 6.45) is 7.33. The summed E-state index contributed by atoms with van der Waals surface area (Å²) in [5.41, 5.74) is 0. The standard InChI is InChI=1S/C19H26N4O4/c1-25-16-4-3-5-17(19(16)26-2)27-15-8-6-14(7-9-15)22-18(24)10-11-23-12-20-21-13-23/h3-5,12-15H,6-11H2,1-2H3,(H,22,24). The SMILES string of the molecule is COc1cccc(OC2CCC(NC(=O)CCn3cnnc3)CC2)c1OC. The van der Waals surface area contributed by atoms with Crippen LogP contribution in [0.5, 0.6) is 17.2 Å². The summed E-state index contributed by atoms with van der Waals surface area (Å²) in [4.78, 5) is 12.1. The van der Waals surface area contributed by atoms with Gasteiger partial charge in [-0.25, -0.2) is 0 Å². The van der Waals surface area contributed by atoms with E-state index in [4.69, 9.17) is 14.2 Å². The van der Waals surface area contributed by atoms with Gasteiger partial charge in [-0.2, -0.15) is 0 Å². The molecule has 1 amide bonds. The monoisotopic (exact) mass is 374 g/mol. The van der Waals surface area contributed by atoms with E-state index in [-0.39, 0.29) is 18.1 Å². The normalized spacial score (nSPS) is 19.3. The quantitative estimate of drug-likeness (QED) is 0.762. The molecule has 1 aromatic carbocycles. The number of aryl methyl sites for hydroxylation is 1. The fourth-order valence-electron chi connectivity index (χ4n) is 3.32. The minimum absolute atomic E-state index is 0.0579. The van der Waals surface area contributed by atoms with Crippen molar-refractivity contribution in [2.75, 3.05) is 14.2 Å². The largest absolute Gasteiger partial charge is 0.493 e. The number of aromatic nitrogens is 3. The predicted molar refractivity (Wildman–Crippen MR) is 99.0 cm³/mol. The molecule has 1 fully saturated rings. The molecular formula is C19H26N4O4. The first-order chi connectivity index (χ1) is 13.2. The van der Waals surface area contributed by atoms with Gasteiger partial charge in [-0.1, -0.05) is 6.07 Å². The third-order valence-corrected chi connectivity index (χ3v) is 4.76. The highest BCUT2D eigenvalue weighted by atomic mass is 16.5. The summed E-state index contributed by atoms with van der Waals surface area (Å²) >= 11 is 0. The van der Waals surface area contributed by atoms with Gasteiger partial charge < -0.3 is 24.1 Å². The molecule has 1 N–H and O–H groups in total. The molecule has 0 aliphatic heterocycles. The molecule has 1 heterocycles. The van der Waals surface area contributed by atoms with E-state index in [1.165, 1.54) is 0 Å². The van der Waals surface area contributed by atoms with E-state index in [0.29, 0.717) is 30.2 Å². The molecule has 3 rings (SSSR count). The maximum absolute atomic E-state index is 12.1. The molecular weight excluding hydrogens is 348 g/mol. The van der Waals surface area contributed by atoms with Crippen molar-refractivity contribution in [3.05, 3.63) is 30.9 Å². The van der Waals surface area contributed by atoms with E-state index in [1.54, 1.807) is 31.4 Å². The molecule has 1 aliphatic carbocycles. The molecule has 8 nitrogen and oxygen atoms in total. The van der Waals surface area contributed by atoms with Gasteiger partial charge in [0.1, 0.15) is 12.7 Å². The molecule has 27 heavy (non-hydrogen) atoms. The van der Waals surface area contributed by atoms with Gasteiger partial charge in [-0.05, 0) is 37.8 Å². The van der Waals surface area contributed by atoms with Crippen LogP contribution >= 0.6 is 0 Å². The van der Waals surface area contributed by atoms with Gasteiger partial charge in [0.05, 0.1) is 20.3 Å². The van der Waals surface area contributed by atoms with E-state index in [9.17, 15) is 4.79 Å². The number of rotatable bonds is 8. The Bertz CT molecular complexity index is 727. The van der Waals surface area contributed by atoms with Crippen LogP contribution in [0.4, 0.5) is 0 Å². The Morgan fingerprint density at radius 1 is 1.11 bits per heavy atom. The first-order valence-electron chi connectivity index (χ1n) is 9.19. The van der Waals surface area contributed by atoms with E-state index >= 15 is 0 Å². The summed E-state index contributed by atoms with van der Waals surface area (Å²) in [6, 6.07) is 5.82. The van der Waals surface area contributed by atoms with Gasteiger partial charge in [0.15, 0.2) is 11.5 Å². The van der Waals surface area contributed by atoms with Gasteiger partial charge in [-0.15, -0.1) is 10.2 Å². The molecule has 1 saturated carbocycles. The number of nitrogens with one attached hydrogen (secondary N) is 1.